The van der Waals surface area contributed by atoms with Gasteiger partial charge < -0.3 is 14.2 Å². The van der Waals surface area contributed by atoms with Gasteiger partial charge in [0.05, 0.1) is 11.2 Å². The lowest BCUT2D eigenvalue weighted by molar-refractivity contribution is 0.00578. The number of amides is 1. The fourth-order valence-corrected chi connectivity index (χ4v) is 6.83. The summed E-state index contributed by atoms with van der Waals surface area (Å²) in [4.78, 5) is 18.6. The van der Waals surface area contributed by atoms with E-state index < -0.39 is 33.1 Å². The van der Waals surface area contributed by atoms with E-state index in [1.54, 1.807) is 51.6 Å². The van der Waals surface area contributed by atoms with Crippen molar-refractivity contribution in [2.45, 2.75) is 63.9 Å². The second kappa shape index (κ2) is 9.43. The van der Waals surface area contributed by atoms with E-state index in [2.05, 4.69) is 4.98 Å². The lowest BCUT2D eigenvalue weighted by atomic mass is 9.74. The number of pyridine rings is 1. The predicted molar refractivity (Wildman–Crippen MR) is 159 cm³/mol. The van der Waals surface area contributed by atoms with Crippen molar-refractivity contribution in [1.29, 1.82) is 0 Å². The van der Waals surface area contributed by atoms with Gasteiger partial charge in [-0.1, -0.05) is 30.4 Å². The van der Waals surface area contributed by atoms with Crippen molar-refractivity contribution in [3.63, 3.8) is 0 Å². The zero-order valence-electron chi connectivity index (χ0n) is 24.3. The molecule has 2 aromatic heterocycles. The molecule has 40 heavy (non-hydrogen) atoms. The summed E-state index contributed by atoms with van der Waals surface area (Å²) in [5, 5.41) is 0.710. The van der Waals surface area contributed by atoms with Gasteiger partial charge in [0.25, 0.3) is 5.91 Å². The minimum atomic E-state index is -3.98. The van der Waals surface area contributed by atoms with Crippen molar-refractivity contribution >= 4 is 34.1 Å². The summed E-state index contributed by atoms with van der Waals surface area (Å²) < 4.78 is 41.2. The van der Waals surface area contributed by atoms with E-state index >= 15 is 0 Å². The van der Waals surface area contributed by atoms with Crippen LogP contribution in [-0.2, 0) is 19.3 Å². The molecule has 1 unspecified atom stereocenters. The van der Waals surface area contributed by atoms with E-state index in [1.165, 1.54) is 8.87 Å². The first-order valence-corrected chi connectivity index (χ1v) is 14.8. The molecule has 1 aromatic carbocycles. The van der Waals surface area contributed by atoms with Gasteiger partial charge in [-0.25, -0.2) is 17.4 Å². The summed E-state index contributed by atoms with van der Waals surface area (Å²) in [5.41, 5.74) is 2.89. The van der Waals surface area contributed by atoms with Crippen molar-refractivity contribution in [2.24, 2.45) is 0 Å². The van der Waals surface area contributed by atoms with Crippen LogP contribution < -0.4 is 0 Å². The number of aromatic nitrogens is 2. The summed E-state index contributed by atoms with van der Waals surface area (Å²) in [6.45, 7) is 11.5. The van der Waals surface area contributed by atoms with Crippen LogP contribution in [0.2, 0.25) is 0 Å². The van der Waals surface area contributed by atoms with E-state index in [0.29, 0.717) is 28.5 Å². The summed E-state index contributed by atoms with van der Waals surface area (Å²) in [5.74, 6) is -0.0846. The molecular formula is C30H36BN3O5S. The van der Waals surface area contributed by atoms with Gasteiger partial charge in [-0.05, 0) is 82.8 Å². The van der Waals surface area contributed by atoms with E-state index in [-0.39, 0.29) is 5.91 Å². The van der Waals surface area contributed by atoms with Crippen molar-refractivity contribution < 1.29 is 22.5 Å². The van der Waals surface area contributed by atoms with Crippen LogP contribution in [0.4, 0.5) is 0 Å². The van der Waals surface area contributed by atoms with E-state index in [4.69, 9.17) is 9.31 Å². The highest BCUT2D eigenvalue weighted by atomic mass is 32.2. The van der Waals surface area contributed by atoms with Crippen molar-refractivity contribution in [3.05, 3.63) is 77.6 Å². The van der Waals surface area contributed by atoms with Gasteiger partial charge in [0.2, 0.25) is 10.0 Å². The number of hydrogen-bond acceptors (Lipinski definition) is 6. The summed E-state index contributed by atoms with van der Waals surface area (Å²) in [6.07, 6.45) is 9.03. The normalized spacial score (nSPS) is 22.0. The molecule has 1 amide bonds. The molecule has 0 saturated carbocycles. The Kier molecular flexibility index (Phi) is 6.68. The molecule has 210 valence electrons. The Hall–Kier alpha value is -3.21. The van der Waals surface area contributed by atoms with Gasteiger partial charge in [0.1, 0.15) is 4.75 Å². The number of allylic oxidation sites excluding steroid dienone is 3. The highest BCUT2D eigenvalue weighted by molar-refractivity contribution is 7.91. The van der Waals surface area contributed by atoms with Crippen molar-refractivity contribution in [1.82, 2.24) is 13.9 Å². The van der Waals surface area contributed by atoms with Crippen LogP contribution >= 0.6 is 0 Å². The molecule has 5 rings (SSSR count). The third-order valence-corrected chi connectivity index (χ3v) is 10.6. The Bertz CT molecular complexity index is 1670. The first-order chi connectivity index (χ1) is 18.6. The first kappa shape index (κ1) is 28.3. The Morgan fingerprint density at radius 1 is 1.07 bits per heavy atom. The number of nitrogens with zero attached hydrogens (tertiary/aromatic N) is 3. The molecule has 1 fully saturated rings. The largest absolute Gasteiger partial charge is 0.494 e. The zero-order valence-corrected chi connectivity index (χ0v) is 25.2. The van der Waals surface area contributed by atoms with Crippen LogP contribution in [0, 0.1) is 6.92 Å². The van der Waals surface area contributed by atoms with E-state index in [9.17, 15) is 13.2 Å². The molecular weight excluding hydrogens is 525 g/mol. The maximum absolute atomic E-state index is 14.4. The van der Waals surface area contributed by atoms with Crippen LogP contribution in [0.1, 0.15) is 57.0 Å². The van der Waals surface area contributed by atoms with Crippen LogP contribution in [-0.4, -0.2) is 65.3 Å². The highest BCUT2D eigenvalue weighted by Gasteiger charge is 2.53. The Morgan fingerprint density at radius 2 is 1.75 bits per heavy atom. The number of benzene rings is 1. The minimum absolute atomic E-state index is 0.0846. The van der Waals surface area contributed by atoms with Gasteiger partial charge in [-0.2, -0.15) is 0 Å². The quantitative estimate of drug-likeness (QED) is 0.400. The SMILES string of the molecule is Cc1cc(-c2cn(S(=O)(=O)C3(C)C=C(B4OC(C)(C)C(C)(C)O4)C=CC3)c3ncccc23)ccc1C(=O)N(C)C. The number of carbonyl (C=O) groups excluding carboxylic acids is 1. The molecule has 1 atom stereocenters. The molecule has 3 heterocycles. The molecule has 3 aromatic rings. The minimum Gasteiger partial charge on any atom is -0.399 e. The molecule has 1 aliphatic heterocycles. The average molecular weight is 562 g/mol. The first-order valence-electron chi connectivity index (χ1n) is 13.4. The summed E-state index contributed by atoms with van der Waals surface area (Å²) in [7, 11) is -1.22. The molecule has 0 bridgehead atoms. The van der Waals surface area contributed by atoms with E-state index in [1.807, 2.05) is 65.0 Å². The average Bonchev–Trinajstić information content (AvgIpc) is 3.37. The monoisotopic (exact) mass is 561 g/mol. The molecule has 0 radical (unpaired) electrons. The molecule has 0 N–H and O–H groups in total. The van der Waals surface area contributed by atoms with Crippen LogP contribution in [0.3, 0.4) is 0 Å². The van der Waals surface area contributed by atoms with Crippen molar-refractivity contribution in [3.8, 4) is 11.1 Å². The standard InChI is InChI=1S/C30H36BN3O5S/c1-20-17-21(13-14-23(20)27(35)33(7)8)25-19-34(26-24(25)12-10-16-32-26)40(36,37)30(6)15-9-11-22(18-30)31-38-28(2,3)29(4,5)39-31/h9-14,16-19H,15H2,1-8H3. The maximum atomic E-state index is 14.4. The van der Waals surface area contributed by atoms with Crippen LogP contribution in [0.15, 0.2) is 66.4 Å². The van der Waals surface area contributed by atoms with Gasteiger partial charge in [0, 0.05) is 43.0 Å². The van der Waals surface area contributed by atoms with Crippen molar-refractivity contribution in [2.75, 3.05) is 14.1 Å². The molecule has 10 heteroatoms. The fourth-order valence-electron chi connectivity index (χ4n) is 5.17. The Labute approximate surface area is 236 Å². The zero-order chi connectivity index (χ0) is 29.3. The molecule has 1 saturated heterocycles. The second-order valence-electron chi connectivity index (χ2n) is 12.1. The third-order valence-electron chi connectivity index (χ3n) is 8.39. The molecule has 2 aliphatic rings. The lowest BCUT2D eigenvalue weighted by Gasteiger charge is -2.32. The smallest absolute Gasteiger partial charge is 0.399 e. The van der Waals surface area contributed by atoms with Gasteiger partial charge in [-0.3, -0.25) is 4.79 Å². The fraction of sp³-hybridized carbons (Fsp3) is 0.400. The molecule has 0 spiro atoms. The topological polar surface area (TPSA) is 90.7 Å². The van der Waals surface area contributed by atoms with Crippen LogP contribution in [0.5, 0.6) is 0 Å². The maximum Gasteiger partial charge on any atom is 0.494 e. The molecule has 1 aliphatic carbocycles. The lowest BCUT2D eigenvalue weighted by Crippen LogP contribution is -2.41. The van der Waals surface area contributed by atoms with Gasteiger partial charge in [-0.15, -0.1) is 0 Å². The number of fused-ring (bicyclic) bond motifs is 1. The molecule has 8 nitrogen and oxygen atoms in total. The Balaban J connectivity index is 1.59. The number of carbonyl (C=O) groups is 1. The number of rotatable bonds is 5. The summed E-state index contributed by atoms with van der Waals surface area (Å²) in [6, 6.07) is 9.21. The Morgan fingerprint density at radius 3 is 2.38 bits per heavy atom. The summed E-state index contributed by atoms with van der Waals surface area (Å²) >= 11 is 0. The number of aryl methyl sites for hydroxylation is 1. The van der Waals surface area contributed by atoms with Crippen LogP contribution in [0.25, 0.3) is 22.2 Å². The van der Waals surface area contributed by atoms with Gasteiger partial charge in [0.15, 0.2) is 5.65 Å². The highest BCUT2D eigenvalue weighted by Crippen LogP contribution is 2.42. The number of hydrogen-bond donors (Lipinski definition) is 0. The predicted octanol–water partition coefficient (Wildman–Crippen LogP) is 5.17. The third kappa shape index (κ3) is 4.42. The van der Waals surface area contributed by atoms with E-state index in [0.717, 1.165) is 16.7 Å². The van der Waals surface area contributed by atoms with Gasteiger partial charge >= 0.3 is 7.12 Å². The second-order valence-corrected chi connectivity index (χ2v) is 14.4.